The van der Waals surface area contributed by atoms with E-state index in [1.54, 1.807) is 6.07 Å². The number of nitriles is 1. The summed E-state index contributed by atoms with van der Waals surface area (Å²) in [5, 5.41) is 24.5. The molecule has 0 spiro atoms. The van der Waals surface area contributed by atoms with Crippen LogP contribution in [0.1, 0.15) is 6.42 Å². The molecule has 0 saturated carbocycles. The first-order chi connectivity index (χ1) is 4.20. The van der Waals surface area contributed by atoms with Crippen LogP contribution in [-0.2, 0) is 4.79 Å². The molecule has 0 rings (SSSR count). The van der Waals surface area contributed by atoms with Crippen LogP contribution >= 0.6 is 0 Å². The molecule has 50 valence electrons. The average Bonchev–Trinajstić information content (AvgIpc) is 1.82. The molecular weight excluding hydrogens is 122 g/mol. The molecule has 0 amide bonds. The van der Waals surface area contributed by atoms with E-state index in [2.05, 4.69) is 0 Å². The van der Waals surface area contributed by atoms with Gasteiger partial charge in [0.1, 0.15) is 0 Å². The molecule has 0 aliphatic rings. The molecule has 0 heterocycles. The largest absolute Gasteiger partial charge is 0.481 e. The fraction of sp³-hybridized carbons (Fsp3) is 0.600. The van der Waals surface area contributed by atoms with Gasteiger partial charge in [-0.15, -0.1) is 0 Å². The van der Waals surface area contributed by atoms with Gasteiger partial charge in [0.05, 0.1) is 25.0 Å². The zero-order chi connectivity index (χ0) is 7.28. The van der Waals surface area contributed by atoms with Gasteiger partial charge in [-0.2, -0.15) is 5.26 Å². The molecule has 0 aromatic rings. The molecule has 1 unspecified atom stereocenters. The second-order valence-corrected chi connectivity index (χ2v) is 1.61. The molecule has 4 nitrogen and oxygen atoms in total. The second kappa shape index (κ2) is 3.87. The molecule has 1 atom stereocenters. The third kappa shape index (κ3) is 3.50. The number of carboxylic acids is 1. The Kier molecular flexibility index (Phi) is 3.40. The zero-order valence-electron chi connectivity index (χ0n) is 4.74. The summed E-state index contributed by atoms with van der Waals surface area (Å²) in [7, 11) is 0. The zero-order valence-corrected chi connectivity index (χ0v) is 4.74. The van der Waals surface area contributed by atoms with Crippen molar-refractivity contribution in [2.75, 3.05) is 6.61 Å². The van der Waals surface area contributed by atoms with E-state index >= 15 is 0 Å². The quantitative estimate of drug-likeness (QED) is 0.542. The van der Waals surface area contributed by atoms with E-state index in [1.807, 2.05) is 0 Å². The molecule has 0 fully saturated rings. The number of carboxylic acid groups (broad SMARTS) is 1. The van der Waals surface area contributed by atoms with E-state index in [4.69, 9.17) is 15.5 Å². The van der Waals surface area contributed by atoms with Crippen LogP contribution in [0.15, 0.2) is 0 Å². The van der Waals surface area contributed by atoms with Crippen LogP contribution in [0, 0.1) is 17.2 Å². The number of aliphatic hydroxyl groups is 1. The highest BCUT2D eigenvalue weighted by Gasteiger charge is 2.09. The Hall–Kier alpha value is -1.08. The first-order valence-electron chi connectivity index (χ1n) is 2.43. The first kappa shape index (κ1) is 7.92. The Morgan fingerprint density at radius 2 is 2.33 bits per heavy atom. The Balaban J connectivity index is 3.60. The molecule has 0 radical (unpaired) electrons. The number of carbonyl (C=O) groups is 1. The average molecular weight is 129 g/mol. The lowest BCUT2D eigenvalue weighted by Crippen LogP contribution is -2.09. The van der Waals surface area contributed by atoms with Crippen LogP contribution in [-0.4, -0.2) is 22.8 Å². The van der Waals surface area contributed by atoms with Crippen molar-refractivity contribution in [3.8, 4) is 6.07 Å². The number of hydrogen-bond donors (Lipinski definition) is 2. The highest BCUT2D eigenvalue weighted by Crippen LogP contribution is 1.98. The number of rotatable bonds is 3. The van der Waals surface area contributed by atoms with Crippen LogP contribution in [0.4, 0.5) is 0 Å². The van der Waals surface area contributed by atoms with E-state index in [-0.39, 0.29) is 13.0 Å². The van der Waals surface area contributed by atoms with Crippen LogP contribution in [0.2, 0.25) is 0 Å². The molecule has 4 heteroatoms. The van der Waals surface area contributed by atoms with Gasteiger partial charge in [0.25, 0.3) is 0 Å². The molecule has 9 heavy (non-hydrogen) atoms. The lowest BCUT2D eigenvalue weighted by Gasteiger charge is -1.97. The van der Waals surface area contributed by atoms with Gasteiger partial charge in [-0.25, -0.2) is 0 Å². The number of aliphatic carboxylic acids is 1. The van der Waals surface area contributed by atoms with Crippen LogP contribution in [0.5, 0.6) is 0 Å². The molecule has 0 aliphatic carbocycles. The molecule has 0 aromatic heterocycles. The fourth-order valence-corrected chi connectivity index (χ4v) is 0.362. The smallest absolute Gasteiger partial charge is 0.304 e. The second-order valence-electron chi connectivity index (χ2n) is 1.61. The Morgan fingerprint density at radius 1 is 1.78 bits per heavy atom. The summed E-state index contributed by atoms with van der Waals surface area (Å²) in [6.07, 6.45) is -0.285. The number of nitrogens with zero attached hydrogens (tertiary/aromatic N) is 1. The maximum Gasteiger partial charge on any atom is 0.304 e. The highest BCUT2D eigenvalue weighted by atomic mass is 16.4. The van der Waals surface area contributed by atoms with Gasteiger partial charge in [-0.3, -0.25) is 4.79 Å². The van der Waals surface area contributed by atoms with Crippen molar-refractivity contribution in [3.63, 3.8) is 0 Å². The molecule has 2 N–H and O–H groups in total. The van der Waals surface area contributed by atoms with Crippen LogP contribution in [0.25, 0.3) is 0 Å². The third-order valence-corrected chi connectivity index (χ3v) is 0.824. The lowest BCUT2D eigenvalue weighted by atomic mass is 10.1. The van der Waals surface area contributed by atoms with Gasteiger partial charge >= 0.3 is 5.97 Å². The van der Waals surface area contributed by atoms with Crippen LogP contribution < -0.4 is 0 Å². The van der Waals surface area contributed by atoms with Gasteiger partial charge in [0.15, 0.2) is 0 Å². The lowest BCUT2D eigenvalue weighted by molar-refractivity contribution is -0.137. The summed E-state index contributed by atoms with van der Waals surface area (Å²) >= 11 is 0. The van der Waals surface area contributed by atoms with Crippen molar-refractivity contribution in [2.24, 2.45) is 5.92 Å². The van der Waals surface area contributed by atoms with E-state index in [9.17, 15) is 4.79 Å². The minimum atomic E-state index is -1.06. The van der Waals surface area contributed by atoms with E-state index < -0.39 is 11.9 Å². The van der Waals surface area contributed by atoms with Crippen molar-refractivity contribution in [3.05, 3.63) is 0 Å². The Bertz CT molecular complexity index is 138. The molecule has 0 aliphatic heterocycles. The van der Waals surface area contributed by atoms with Crippen molar-refractivity contribution in [2.45, 2.75) is 6.42 Å². The Labute approximate surface area is 52.3 Å². The van der Waals surface area contributed by atoms with Crippen LogP contribution in [0.3, 0.4) is 0 Å². The summed E-state index contributed by atoms with van der Waals surface area (Å²) in [6, 6.07) is 1.65. The maximum atomic E-state index is 9.87. The van der Waals surface area contributed by atoms with Gasteiger partial charge in [-0.05, 0) is 0 Å². The van der Waals surface area contributed by atoms with Crippen molar-refractivity contribution in [1.82, 2.24) is 0 Å². The summed E-state index contributed by atoms with van der Waals surface area (Å²) in [5.41, 5.74) is 0. The highest BCUT2D eigenvalue weighted by molar-refractivity contribution is 5.67. The molecule has 0 aromatic carbocycles. The monoisotopic (exact) mass is 129 g/mol. The number of hydrogen-bond acceptors (Lipinski definition) is 3. The minimum Gasteiger partial charge on any atom is -0.481 e. The van der Waals surface area contributed by atoms with E-state index in [0.717, 1.165) is 0 Å². The summed E-state index contributed by atoms with van der Waals surface area (Å²) in [4.78, 5) is 9.87. The van der Waals surface area contributed by atoms with E-state index in [0.29, 0.717) is 0 Å². The van der Waals surface area contributed by atoms with E-state index in [1.165, 1.54) is 0 Å². The van der Waals surface area contributed by atoms with Gasteiger partial charge in [-0.1, -0.05) is 0 Å². The summed E-state index contributed by atoms with van der Waals surface area (Å²) in [6.45, 7) is -0.386. The summed E-state index contributed by atoms with van der Waals surface area (Å²) < 4.78 is 0. The standard InChI is InChI=1S/C5H7NO3/c6-2-4(3-7)1-5(8)9/h4,7H,1,3H2,(H,8,9). The van der Waals surface area contributed by atoms with Crippen molar-refractivity contribution < 1.29 is 15.0 Å². The van der Waals surface area contributed by atoms with Crippen molar-refractivity contribution in [1.29, 1.82) is 5.26 Å². The molecule has 0 saturated heterocycles. The van der Waals surface area contributed by atoms with Gasteiger partial charge in [0, 0.05) is 0 Å². The topological polar surface area (TPSA) is 81.3 Å². The minimum absolute atomic E-state index is 0.285. The van der Waals surface area contributed by atoms with Crippen molar-refractivity contribution >= 4 is 5.97 Å². The number of aliphatic hydroxyl groups excluding tert-OH is 1. The fourth-order valence-electron chi connectivity index (χ4n) is 0.362. The van der Waals surface area contributed by atoms with Gasteiger partial charge in [0.2, 0.25) is 0 Å². The summed E-state index contributed by atoms with van der Waals surface area (Å²) in [5.74, 6) is -1.82. The maximum absolute atomic E-state index is 9.87. The van der Waals surface area contributed by atoms with Gasteiger partial charge < -0.3 is 10.2 Å². The predicted molar refractivity (Wildman–Crippen MR) is 28.4 cm³/mol. The molecular formula is C5H7NO3. The normalized spacial score (nSPS) is 12.0. The third-order valence-electron chi connectivity index (χ3n) is 0.824. The Morgan fingerprint density at radius 3 is 2.44 bits per heavy atom. The SMILES string of the molecule is N#CC(CO)CC(=O)O. The predicted octanol–water partition coefficient (Wildman–Crippen LogP) is -0.407. The molecule has 0 bridgehead atoms. The first-order valence-corrected chi connectivity index (χ1v) is 2.43.